The normalized spacial score (nSPS) is 16.6. The number of hydrogen-bond donors (Lipinski definition) is 1. The molecule has 2 aromatic carbocycles. The highest BCUT2D eigenvalue weighted by molar-refractivity contribution is 5.44. The lowest BCUT2D eigenvalue weighted by molar-refractivity contribution is 0.182. The molecule has 0 saturated carbocycles. The van der Waals surface area contributed by atoms with Gasteiger partial charge in [-0.05, 0) is 56.5 Å². The van der Waals surface area contributed by atoms with Crippen molar-refractivity contribution in [1.29, 1.82) is 0 Å². The summed E-state index contributed by atoms with van der Waals surface area (Å²) in [6.07, 6.45) is 2.59. The summed E-state index contributed by atoms with van der Waals surface area (Å²) in [6.45, 7) is 6.76. The molecule has 2 aromatic rings. The van der Waals surface area contributed by atoms with Crippen molar-refractivity contribution in [2.24, 2.45) is 5.92 Å². The summed E-state index contributed by atoms with van der Waals surface area (Å²) in [5, 5.41) is 3.59. The largest absolute Gasteiger partial charge is 0.385 e. The van der Waals surface area contributed by atoms with Gasteiger partial charge < -0.3 is 5.32 Å². The van der Waals surface area contributed by atoms with Crippen molar-refractivity contribution in [3.8, 4) is 0 Å². The Morgan fingerprint density at radius 3 is 2.32 bits per heavy atom. The lowest BCUT2D eigenvalue weighted by atomic mass is 9.96. The fraction of sp³-hybridized carbons (Fsp3) is 0.400. The van der Waals surface area contributed by atoms with Gasteiger partial charge in [0.15, 0.2) is 0 Å². The maximum absolute atomic E-state index is 3.59. The van der Waals surface area contributed by atoms with Gasteiger partial charge in [-0.25, -0.2) is 0 Å². The molecule has 0 spiro atoms. The Balaban J connectivity index is 1.41. The molecule has 0 bridgehead atoms. The molecule has 0 aliphatic carbocycles. The molecule has 1 aliphatic rings. The van der Waals surface area contributed by atoms with Gasteiger partial charge in [-0.3, -0.25) is 4.90 Å². The average molecular weight is 294 g/mol. The molecule has 1 aliphatic heterocycles. The Morgan fingerprint density at radius 2 is 1.64 bits per heavy atom. The monoisotopic (exact) mass is 294 g/mol. The van der Waals surface area contributed by atoms with Gasteiger partial charge in [0, 0.05) is 18.8 Å². The SMILES string of the molecule is Cc1ccc(NCC2CCN(Cc3ccccc3)CC2)cc1. The number of nitrogens with zero attached hydrogens (tertiary/aromatic N) is 1. The topological polar surface area (TPSA) is 15.3 Å². The summed E-state index contributed by atoms with van der Waals surface area (Å²) in [5.41, 5.74) is 4.00. The Morgan fingerprint density at radius 1 is 0.955 bits per heavy atom. The molecule has 1 saturated heterocycles. The number of anilines is 1. The quantitative estimate of drug-likeness (QED) is 0.883. The Kier molecular flexibility index (Phi) is 5.12. The highest BCUT2D eigenvalue weighted by atomic mass is 15.1. The van der Waals surface area contributed by atoms with Gasteiger partial charge in [-0.2, -0.15) is 0 Å². The van der Waals surface area contributed by atoms with E-state index in [9.17, 15) is 0 Å². The van der Waals surface area contributed by atoms with Crippen molar-refractivity contribution in [3.05, 3.63) is 65.7 Å². The van der Waals surface area contributed by atoms with Crippen LogP contribution in [0.5, 0.6) is 0 Å². The van der Waals surface area contributed by atoms with Crippen LogP contribution in [0.2, 0.25) is 0 Å². The van der Waals surface area contributed by atoms with E-state index in [1.807, 2.05) is 0 Å². The number of aryl methyl sites for hydroxylation is 1. The molecule has 0 atom stereocenters. The lowest BCUT2D eigenvalue weighted by Gasteiger charge is -2.32. The summed E-state index contributed by atoms with van der Waals surface area (Å²) in [5.74, 6) is 0.799. The van der Waals surface area contributed by atoms with Crippen LogP contribution < -0.4 is 5.32 Å². The van der Waals surface area contributed by atoms with Crippen LogP contribution in [0.15, 0.2) is 54.6 Å². The summed E-state index contributed by atoms with van der Waals surface area (Å²) < 4.78 is 0. The van der Waals surface area contributed by atoms with Crippen LogP contribution in [0.25, 0.3) is 0 Å². The molecule has 116 valence electrons. The zero-order valence-corrected chi connectivity index (χ0v) is 13.5. The maximum Gasteiger partial charge on any atom is 0.0340 e. The third-order valence-electron chi connectivity index (χ3n) is 4.60. The zero-order chi connectivity index (χ0) is 15.2. The van der Waals surface area contributed by atoms with E-state index < -0.39 is 0 Å². The third kappa shape index (κ3) is 4.35. The van der Waals surface area contributed by atoms with Crippen LogP contribution in [0.1, 0.15) is 24.0 Å². The molecular weight excluding hydrogens is 268 g/mol. The fourth-order valence-corrected chi connectivity index (χ4v) is 3.12. The molecule has 3 rings (SSSR count). The van der Waals surface area contributed by atoms with E-state index in [2.05, 4.69) is 71.7 Å². The van der Waals surface area contributed by atoms with Crippen molar-refractivity contribution >= 4 is 5.69 Å². The minimum Gasteiger partial charge on any atom is -0.385 e. The average Bonchev–Trinajstić information content (AvgIpc) is 2.57. The molecule has 0 radical (unpaired) electrons. The molecule has 0 aromatic heterocycles. The second-order valence-corrected chi connectivity index (χ2v) is 6.45. The van der Waals surface area contributed by atoms with Crippen molar-refractivity contribution in [2.45, 2.75) is 26.3 Å². The van der Waals surface area contributed by atoms with Gasteiger partial charge >= 0.3 is 0 Å². The molecule has 1 fully saturated rings. The predicted molar refractivity (Wildman–Crippen MR) is 94.1 cm³/mol. The first-order chi connectivity index (χ1) is 10.8. The van der Waals surface area contributed by atoms with Crippen LogP contribution in [-0.2, 0) is 6.54 Å². The van der Waals surface area contributed by atoms with Crippen molar-refractivity contribution in [1.82, 2.24) is 4.90 Å². The minimum absolute atomic E-state index is 0.799. The van der Waals surface area contributed by atoms with Gasteiger partial charge in [-0.15, -0.1) is 0 Å². The van der Waals surface area contributed by atoms with Gasteiger partial charge in [0.05, 0.1) is 0 Å². The maximum atomic E-state index is 3.59. The Bertz CT molecular complexity index is 554. The number of rotatable bonds is 5. The summed E-state index contributed by atoms with van der Waals surface area (Å²) in [4.78, 5) is 2.58. The van der Waals surface area contributed by atoms with E-state index in [0.717, 1.165) is 19.0 Å². The minimum atomic E-state index is 0.799. The predicted octanol–water partition coefficient (Wildman–Crippen LogP) is 4.32. The van der Waals surface area contributed by atoms with E-state index in [1.54, 1.807) is 0 Å². The van der Waals surface area contributed by atoms with Gasteiger partial charge in [0.25, 0.3) is 0 Å². The van der Waals surface area contributed by atoms with Crippen LogP contribution in [0.3, 0.4) is 0 Å². The number of piperidine rings is 1. The second kappa shape index (κ2) is 7.46. The number of hydrogen-bond acceptors (Lipinski definition) is 2. The third-order valence-corrected chi connectivity index (χ3v) is 4.60. The van der Waals surface area contributed by atoms with Crippen LogP contribution in [0.4, 0.5) is 5.69 Å². The molecule has 2 nitrogen and oxygen atoms in total. The van der Waals surface area contributed by atoms with Crippen LogP contribution in [-0.4, -0.2) is 24.5 Å². The van der Waals surface area contributed by atoms with Gasteiger partial charge in [0.1, 0.15) is 0 Å². The molecule has 1 N–H and O–H groups in total. The standard InChI is InChI=1S/C20H26N2/c1-17-7-9-20(10-8-17)21-15-18-11-13-22(14-12-18)16-19-5-3-2-4-6-19/h2-10,18,21H,11-16H2,1H3. The molecule has 0 unspecified atom stereocenters. The van der Waals surface area contributed by atoms with Crippen molar-refractivity contribution < 1.29 is 0 Å². The van der Waals surface area contributed by atoms with E-state index in [1.165, 1.54) is 42.7 Å². The highest BCUT2D eigenvalue weighted by Gasteiger charge is 2.18. The van der Waals surface area contributed by atoms with Gasteiger partial charge in [-0.1, -0.05) is 48.0 Å². The van der Waals surface area contributed by atoms with E-state index in [4.69, 9.17) is 0 Å². The van der Waals surface area contributed by atoms with E-state index in [-0.39, 0.29) is 0 Å². The highest BCUT2D eigenvalue weighted by Crippen LogP contribution is 2.20. The summed E-state index contributed by atoms with van der Waals surface area (Å²) >= 11 is 0. The van der Waals surface area contributed by atoms with E-state index in [0.29, 0.717) is 0 Å². The summed E-state index contributed by atoms with van der Waals surface area (Å²) in [7, 11) is 0. The Hall–Kier alpha value is -1.80. The molecule has 0 amide bonds. The summed E-state index contributed by atoms with van der Waals surface area (Å²) in [6, 6.07) is 19.5. The van der Waals surface area contributed by atoms with Crippen molar-refractivity contribution in [3.63, 3.8) is 0 Å². The number of benzene rings is 2. The zero-order valence-electron chi connectivity index (χ0n) is 13.5. The lowest BCUT2D eigenvalue weighted by Crippen LogP contribution is -2.35. The molecular formula is C20H26N2. The first-order valence-electron chi connectivity index (χ1n) is 8.36. The number of nitrogens with one attached hydrogen (secondary N) is 1. The molecule has 2 heteroatoms. The number of likely N-dealkylation sites (tertiary alicyclic amines) is 1. The van der Waals surface area contributed by atoms with Crippen LogP contribution in [0, 0.1) is 12.8 Å². The van der Waals surface area contributed by atoms with Gasteiger partial charge in [0.2, 0.25) is 0 Å². The first-order valence-corrected chi connectivity index (χ1v) is 8.36. The van der Waals surface area contributed by atoms with E-state index >= 15 is 0 Å². The fourth-order valence-electron chi connectivity index (χ4n) is 3.12. The molecule has 1 heterocycles. The van der Waals surface area contributed by atoms with Crippen molar-refractivity contribution in [2.75, 3.05) is 25.0 Å². The first kappa shape index (κ1) is 15.1. The Labute approximate surface area is 134 Å². The second-order valence-electron chi connectivity index (χ2n) is 6.45. The smallest absolute Gasteiger partial charge is 0.0340 e. The van der Waals surface area contributed by atoms with Crippen LogP contribution >= 0.6 is 0 Å². The molecule has 22 heavy (non-hydrogen) atoms.